The number of allylic oxidation sites excluding steroid dienone is 2. The predicted octanol–water partition coefficient (Wildman–Crippen LogP) is 7.58. The van der Waals surface area contributed by atoms with Gasteiger partial charge in [-0.2, -0.15) is 0 Å². The van der Waals surface area contributed by atoms with Crippen molar-refractivity contribution in [1.82, 2.24) is 10.6 Å². The van der Waals surface area contributed by atoms with E-state index in [2.05, 4.69) is 59.1 Å². The van der Waals surface area contributed by atoms with Crippen molar-refractivity contribution >= 4 is 17.7 Å². The van der Waals surface area contributed by atoms with Gasteiger partial charge in [-0.25, -0.2) is 0 Å². The zero-order chi connectivity index (χ0) is 35.1. The average molecular weight is 667 g/mol. The Balaban J connectivity index is 1.25. The van der Waals surface area contributed by atoms with Crippen LogP contribution in [0.15, 0.2) is 11.1 Å². The molecule has 7 heteroatoms. The minimum absolute atomic E-state index is 0.0230. The third-order valence-electron chi connectivity index (χ3n) is 16.0. The zero-order valence-electron chi connectivity index (χ0n) is 31.7. The number of rotatable bonds is 10. The average Bonchev–Trinajstić information content (AvgIpc) is 3.25. The van der Waals surface area contributed by atoms with Gasteiger partial charge in [0.2, 0.25) is 0 Å². The van der Waals surface area contributed by atoms with Gasteiger partial charge in [-0.05, 0) is 130 Å². The van der Waals surface area contributed by atoms with E-state index in [0.29, 0.717) is 30.0 Å². The van der Waals surface area contributed by atoms with Gasteiger partial charge < -0.3 is 20.5 Å². The molecule has 5 aliphatic carbocycles. The first-order chi connectivity index (χ1) is 22.3. The van der Waals surface area contributed by atoms with Crippen LogP contribution >= 0.6 is 0 Å². The number of esters is 1. The molecule has 0 radical (unpaired) electrons. The Morgan fingerprint density at radius 2 is 1.67 bits per heavy atom. The molecule has 6 rings (SSSR count). The van der Waals surface area contributed by atoms with Crippen LogP contribution in [0.2, 0.25) is 0 Å². The first-order valence-corrected chi connectivity index (χ1v) is 19.4. The van der Waals surface area contributed by atoms with Crippen LogP contribution in [0.5, 0.6) is 0 Å². The smallest absolute Gasteiger partial charge is 0.309 e. The van der Waals surface area contributed by atoms with E-state index in [-0.39, 0.29) is 51.5 Å². The van der Waals surface area contributed by atoms with Gasteiger partial charge >= 0.3 is 11.9 Å². The topological polar surface area (TPSA) is 105 Å². The van der Waals surface area contributed by atoms with Crippen LogP contribution in [0.1, 0.15) is 133 Å². The van der Waals surface area contributed by atoms with Crippen LogP contribution in [0, 0.1) is 62.1 Å². The largest absolute Gasteiger partial charge is 0.481 e. The summed E-state index contributed by atoms with van der Waals surface area (Å²) in [5.74, 6) is 1.56. The second kappa shape index (κ2) is 12.2. The number of carboxylic acid groups (broad SMARTS) is 1. The van der Waals surface area contributed by atoms with Gasteiger partial charge in [-0.1, -0.05) is 54.0 Å². The number of Topliss-reactive ketones (excluding diaryl/α,β-unsaturated/α-hetero) is 1. The molecule has 7 nitrogen and oxygen atoms in total. The molecule has 1 heterocycles. The van der Waals surface area contributed by atoms with Gasteiger partial charge in [0.05, 0.1) is 11.8 Å². The fraction of sp³-hybridized carbons (Fsp3) is 0.878. The van der Waals surface area contributed by atoms with Gasteiger partial charge in [0.25, 0.3) is 0 Å². The lowest BCUT2D eigenvalue weighted by atomic mass is 9.33. The van der Waals surface area contributed by atoms with E-state index < -0.39 is 11.4 Å². The van der Waals surface area contributed by atoms with Gasteiger partial charge in [0.1, 0.15) is 6.10 Å². The van der Waals surface area contributed by atoms with Crippen molar-refractivity contribution in [2.45, 2.75) is 139 Å². The highest BCUT2D eigenvalue weighted by Gasteiger charge is 2.70. The summed E-state index contributed by atoms with van der Waals surface area (Å²) in [6.45, 7) is 24.4. The molecule has 3 N–H and O–H groups in total. The summed E-state index contributed by atoms with van der Waals surface area (Å²) in [5, 5.41) is 16.8. The maximum Gasteiger partial charge on any atom is 0.309 e. The molecule has 0 aromatic heterocycles. The minimum Gasteiger partial charge on any atom is -0.481 e. The third kappa shape index (κ3) is 5.45. The number of carboxylic acids is 1. The number of aliphatic carboxylic acids is 1. The summed E-state index contributed by atoms with van der Waals surface area (Å²) >= 11 is 0. The van der Waals surface area contributed by atoms with Crippen molar-refractivity contribution in [3.63, 3.8) is 0 Å². The Kier molecular flexibility index (Phi) is 9.17. The van der Waals surface area contributed by atoms with E-state index >= 15 is 0 Å². The molecule has 5 fully saturated rings. The van der Waals surface area contributed by atoms with Gasteiger partial charge in [-0.3, -0.25) is 14.4 Å². The van der Waals surface area contributed by atoms with Crippen molar-refractivity contribution in [3.05, 3.63) is 11.1 Å². The lowest BCUT2D eigenvalue weighted by Crippen LogP contribution is -2.65. The maximum absolute atomic E-state index is 13.9. The number of carbonyl (C=O) groups is 3. The molecular weight excluding hydrogens is 600 g/mol. The molecule has 8 atom stereocenters. The fourth-order valence-electron chi connectivity index (χ4n) is 13.0. The van der Waals surface area contributed by atoms with Crippen molar-refractivity contribution in [2.75, 3.05) is 26.2 Å². The molecule has 48 heavy (non-hydrogen) atoms. The molecule has 0 bridgehead atoms. The molecule has 1 saturated heterocycles. The molecule has 1 aliphatic heterocycles. The van der Waals surface area contributed by atoms with E-state index in [4.69, 9.17) is 4.74 Å². The van der Waals surface area contributed by atoms with Crippen LogP contribution in [0.25, 0.3) is 0 Å². The Bertz CT molecular complexity index is 1350. The summed E-state index contributed by atoms with van der Waals surface area (Å²) in [6, 6.07) is 0. The van der Waals surface area contributed by atoms with E-state index in [9.17, 15) is 19.5 Å². The molecule has 0 aromatic carbocycles. The molecular formula is C41H66N2O5. The molecule has 270 valence electrons. The van der Waals surface area contributed by atoms with Gasteiger partial charge in [0.15, 0.2) is 5.78 Å². The van der Waals surface area contributed by atoms with E-state index in [1.807, 2.05) is 0 Å². The number of hydrogen-bond donors (Lipinski definition) is 3. The zero-order valence-corrected chi connectivity index (χ0v) is 31.7. The van der Waals surface area contributed by atoms with Crippen molar-refractivity contribution in [2.24, 2.45) is 62.1 Å². The van der Waals surface area contributed by atoms with Crippen molar-refractivity contribution < 1.29 is 24.2 Å². The molecule has 0 amide bonds. The molecule has 0 aromatic rings. The van der Waals surface area contributed by atoms with Crippen LogP contribution in [-0.2, 0) is 19.1 Å². The number of ketones is 1. The molecule has 0 unspecified atom stereocenters. The molecule has 0 spiro atoms. The Morgan fingerprint density at radius 1 is 0.958 bits per heavy atom. The van der Waals surface area contributed by atoms with Crippen LogP contribution in [-0.4, -0.2) is 55.1 Å². The van der Waals surface area contributed by atoms with Crippen LogP contribution in [0.4, 0.5) is 0 Å². The Hall–Kier alpha value is -1.73. The Morgan fingerprint density at radius 3 is 2.29 bits per heavy atom. The highest BCUT2D eigenvalue weighted by Crippen LogP contribution is 2.77. The summed E-state index contributed by atoms with van der Waals surface area (Å²) < 4.78 is 6.17. The van der Waals surface area contributed by atoms with E-state index in [1.165, 1.54) is 31.3 Å². The predicted molar refractivity (Wildman–Crippen MR) is 189 cm³/mol. The number of ether oxygens (including phenoxy) is 1. The minimum atomic E-state index is -1.14. The number of carbonyl (C=O) groups excluding carboxylic acids is 2. The standard InChI is InChI=1S/C41H66N2O5/c1-25(2)33-28(44)20-41(18-19-42-22-26-23-43-24-26)17-16-39(8)27(34(33)41)10-11-30-38(7)14-13-31(48-32(45)21-36(3,4)35(46)47)37(5,6)29(38)12-15-40(30,39)9/h25-27,29-31,42-43H,10-24H2,1-9H3,(H,46,47)/t27-,29+,30-,31+,38+,39-,40-,41-/m1/s1. The first-order valence-electron chi connectivity index (χ1n) is 19.4. The van der Waals surface area contributed by atoms with Crippen LogP contribution < -0.4 is 10.6 Å². The normalized spacial score (nSPS) is 40.8. The lowest BCUT2D eigenvalue weighted by Gasteiger charge is -2.72. The number of fused-ring (bicyclic) bond motifs is 7. The summed E-state index contributed by atoms with van der Waals surface area (Å²) in [7, 11) is 0. The van der Waals surface area contributed by atoms with Gasteiger partial charge in [-0.15, -0.1) is 0 Å². The maximum atomic E-state index is 13.9. The van der Waals surface area contributed by atoms with E-state index in [0.717, 1.165) is 64.2 Å². The second-order valence-corrected chi connectivity index (χ2v) is 19.7. The highest BCUT2D eigenvalue weighted by atomic mass is 16.5. The number of hydrogen-bond acceptors (Lipinski definition) is 6. The molecule has 4 saturated carbocycles. The first kappa shape index (κ1) is 36.1. The van der Waals surface area contributed by atoms with Gasteiger partial charge in [0, 0.05) is 36.9 Å². The lowest BCUT2D eigenvalue weighted by molar-refractivity contribution is -0.233. The monoisotopic (exact) mass is 666 g/mol. The molecule has 6 aliphatic rings. The Labute approximate surface area is 290 Å². The van der Waals surface area contributed by atoms with Crippen molar-refractivity contribution in [3.8, 4) is 0 Å². The second-order valence-electron chi connectivity index (χ2n) is 19.7. The SMILES string of the molecule is CC(C)C1=C2[C@H]3CC[C@@H]4[C@@]5(C)CC[C@H](OC(=O)CC(C)(C)C(=O)O)C(C)(C)[C@@H]5CC[C@@]4(C)[C@]3(C)CC[C@@]2(CCNCC2CNC2)CC1=O. The van der Waals surface area contributed by atoms with Crippen molar-refractivity contribution in [1.29, 1.82) is 0 Å². The highest BCUT2D eigenvalue weighted by molar-refractivity contribution is 6.00. The van der Waals surface area contributed by atoms with Crippen LogP contribution in [0.3, 0.4) is 0 Å². The fourth-order valence-corrected chi connectivity index (χ4v) is 13.0. The summed E-state index contributed by atoms with van der Waals surface area (Å²) in [5.41, 5.74) is 1.93. The summed E-state index contributed by atoms with van der Waals surface area (Å²) in [6.07, 6.45) is 10.3. The number of nitrogens with one attached hydrogen (secondary N) is 2. The van der Waals surface area contributed by atoms with E-state index in [1.54, 1.807) is 19.4 Å². The summed E-state index contributed by atoms with van der Waals surface area (Å²) in [4.78, 5) is 38.7. The third-order valence-corrected chi connectivity index (χ3v) is 16.0. The quantitative estimate of drug-likeness (QED) is 0.163.